The molecular weight excluding hydrogens is 426 g/mol. The zero-order valence-corrected chi connectivity index (χ0v) is 20.9. The summed E-state index contributed by atoms with van der Waals surface area (Å²) in [5, 5.41) is 50.4. The van der Waals surface area contributed by atoms with Crippen LogP contribution in [0.15, 0.2) is 0 Å². The summed E-state index contributed by atoms with van der Waals surface area (Å²) in [6.45, 7) is 3.87. The number of aliphatic hydroxyl groups excluding tert-OH is 5. The molecule has 33 heavy (non-hydrogen) atoms. The smallest absolute Gasteiger partial charge is 0.186 e. The fourth-order valence-electron chi connectivity index (χ4n) is 4.35. The lowest BCUT2D eigenvalue weighted by Crippen LogP contribution is -2.58. The molecule has 0 spiro atoms. The van der Waals surface area contributed by atoms with Crippen molar-refractivity contribution < 1.29 is 35.0 Å². The van der Waals surface area contributed by atoms with Gasteiger partial charge in [-0.15, -0.1) is 0 Å². The van der Waals surface area contributed by atoms with Crippen molar-refractivity contribution in [2.75, 3.05) is 6.61 Å². The van der Waals surface area contributed by atoms with Crippen molar-refractivity contribution in [2.24, 2.45) is 5.73 Å². The maximum absolute atomic E-state index is 10.3. The molecule has 1 heterocycles. The van der Waals surface area contributed by atoms with Crippen molar-refractivity contribution in [3.05, 3.63) is 0 Å². The topological polar surface area (TPSA) is 146 Å². The Morgan fingerprint density at radius 1 is 0.758 bits per heavy atom. The second kappa shape index (κ2) is 18.0. The van der Waals surface area contributed by atoms with E-state index in [4.69, 9.17) is 15.2 Å². The molecule has 8 nitrogen and oxygen atoms in total. The number of hydrogen-bond donors (Lipinski definition) is 6. The van der Waals surface area contributed by atoms with E-state index in [-0.39, 0.29) is 6.61 Å². The van der Waals surface area contributed by atoms with Crippen molar-refractivity contribution in [1.82, 2.24) is 0 Å². The van der Waals surface area contributed by atoms with Gasteiger partial charge < -0.3 is 40.7 Å². The molecule has 7 N–H and O–H groups in total. The Hall–Kier alpha value is -0.320. The first-order chi connectivity index (χ1) is 15.8. The summed E-state index contributed by atoms with van der Waals surface area (Å²) in [7, 11) is 0. The maximum atomic E-state index is 10.3. The van der Waals surface area contributed by atoms with Gasteiger partial charge in [0.2, 0.25) is 0 Å². The largest absolute Gasteiger partial charge is 0.390 e. The monoisotopic (exact) mass is 477 g/mol. The minimum atomic E-state index is -1.42. The molecule has 0 aliphatic carbocycles. The normalized spacial score (nSPS) is 28.5. The van der Waals surface area contributed by atoms with Crippen LogP contribution in [0.25, 0.3) is 0 Å². The van der Waals surface area contributed by atoms with Gasteiger partial charge in [0.15, 0.2) is 6.29 Å². The van der Waals surface area contributed by atoms with E-state index < -0.39 is 49.0 Å². The Morgan fingerprint density at radius 2 is 1.27 bits per heavy atom. The van der Waals surface area contributed by atoms with Gasteiger partial charge in [-0.1, -0.05) is 90.9 Å². The van der Waals surface area contributed by atoms with Gasteiger partial charge >= 0.3 is 0 Å². The summed E-state index contributed by atoms with van der Waals surface area (Å²) in [4.78, 5) is 0. The molecule has 0 bridgehead atoms. The van der Waals surface area contributed by atoms with Gasteiger partial charge in [0.25, 0.3) is 0 Å². The van der Waals surface area contributed by atoms with Gasteiger partial charge in [0.1, 0.15) is 18.3 Å². The van der Waals surface area contributed by atoms with E-state index in [0.29, 0.717) is 12.8 Å². The molecule has 8 heteroatoms. The number of ether oxygens (including phenoxy) is 2. The van der Waals surface area contributed by atoms with E-state index in [1.165, 1.54) is 57.8 Å². The highest BCUT2D eigenvalue weighted by atomic mass is 16.7. The predicted octanol–water partition coefficient (Wildman–Crippen LogP) is 2.36. The van der Waals surface area contributed by atoms with E-state index >= 15 is 0 Å². The predicted molar refractivity (Wildman–Crippen MR) is 129 cm³/mol. The lowest BCUT2D eigenvalue weighted by Gasteiger charge is -2.40. The molecule has 1 rings (SSSR count). The first-order valence-corrected chi connectivity index (χ1v) is 13.3. The second-order valence-corrected chi connectivity index (χ2v) is 9.66. The zero-order chi connectivity index (χ0) is 24.6. The number of rotatable bonds is 19. The molecule has 0 aromatic carbocycles. The van der Waals surface area contributed by atoms with Crippen molar-refractivity contribution in [3.63, 3.8) is 0 Å². The highest BCUT2D eigenvalue weighted by molar-refractivity contribution is 4.89. The van der Waals surface area contributed by atoms with E-state index in [9.17, 15) is 25.5 Å². The molecule has 0 aromatic heterocycles. The molecule has 1 aliphatic heterocycles. The molecule has 1 fully saturated rings. The van der Waals surface area contributed by atoms with Gasteiger partial charge in [0.05, 0.1) is 31.0 Å². The van der Waals surface area contributed by atoms with Crippen LogP contribution in [0.4, 0.5) is 0 Å². The van der Waals surface area contributed by atoms with E-state index in [0.717, 1.165) is 19.3 Å². The SMILES string of the molecule is CCCCCCCCCCCCCC[C@@H](O)[C@@H](O)[C@@H](N)COC1OC(CC)C(O)C(O)C1O. The van der Waals surface area contributed by atoms with Crippen LogP contribution >= 0.6 is 0 Å². The van der Waals surface area contributed by atoms with Gasteiger partial charge in [-0.25, -0.2) is 0 Å². The summed E-state index contributed by atoms with van der Waals surface area (Å²) < 4.78 is 10.9. The number of nitrogens with two attached hydrogens (primary N) is 1. The second-order valence-electron chi connectivity index (χ2n) is 9.66. The Morgan fingerprint density at radius 3 is 1.79 bits per heavy atom. The lowest BCUT2D eigenvalue weighted by atomic mass is 9.97. The minimum absolute atomic E-state index is 0.155. The van der Waals surface area contributed by atoms with E-state index in [1.807, 2.05) is 0 Å². The summed E-state index contributed by atoms with van der Waals surface area (Å²) in [5.41, 5.74) is 5.96. The third kappa shape index (κ3) is 11.8. The van der Waals surface area contributed by atoms with Crippen molar-refractivity contribution >= 4 is 0 Å². The summed E-state index contributed by atoms with van der Waals surface area (Å²) in [6, 6.07) is -0.864. The van der Waals surface area contributed by atoms with Crippen LogP contribution in [0.1, 0.15) is 104 Å². The summed E-state index contributed by atoms with van der Waals surface area (Å²) in [5.74, 6) is 0. The minimum Gasteiger partial charge on any atom is -0.390 e. The number of aliphatic hydroxyl groups is 5. The lowest BCUT2D eigenvalue weighted by molar-refractivity contribution is -0.298. The Balaban J connectivity index is 2.12. The first kappa shape index (κ1) is 30.7. The average Bonchev–Trinajstić information content (AvgIpc) is 2.82. The summed E-state index contributed by atoms with van der Waals surface area (Å²) in [6.07, 6.45) is 7.82. The van der Waals surface area contributed by atoms with Crippen LogP contribution in [0.5, 0.6) is 0 Å². The molecule has 1 saturated heterocycles. The van der Waals surface area contributed by atoms with Crippen LogP contribution in [0.2, 0.25) is 0 Å². The third-order valence-electron chi connectivity index (χ3n) is 6.71. The maximum Gasteiger partial charge on any atom is 0.186 e. The summed E-state index contributed by atoms with van der Waals surface area (Å²) >= 11 is 0. The molecule has 0 saturated carbocycles. The highest BCUT2D eigenvalue weighted by Crippen LogP contribution is 2.24. The van der Waals surface area contributed by atoms with E-state index in [2.05, 4.69) is 6.92 Å². The zero-order valence-electron chi connectivity index (χ0n) is 20.9. The molecular formula is C25H51NO7. The quantitative estimate of drug-likeness (QED) is 0.155. The Kier molecular flexibility index (Phi) is 16.8. The fourth-order valence-corrected chi connectivity index (χ4v) is 4.35. The van der Waals surface area contributed by atoms with Gasteiger partial charge in [-0.2, -0.15) is 0 Å². The standard InChI is InChI=1S/C25H51NO7/c1-3-5-6-7-8-9-10-11-12-13-14-15-16-19(27)21(28)18(26)17-32-25-24(31)23(30)22(29)20(4-2)33-25/h18-25,27-31H,3-17,26H2,1-2H3/t18-,19+,20?,21-,22?,23?,24?,25?/m0/s1. The van der Waals surface area contributed by atoms with Crippen molar-refractivity contribution in [1.29, 1.82) is 0 Å². The van der Waals surface area contributed by atoms with Crippen molar-refractivity contribution in [2.45, 2.75) is 153 Å². The Bertz CT molecular complexity index is 468. The molecule has 5 unspecified atom stereocenters. The number of unbranched alkanes of at least 4 members (excludes halogenated alkanes) is 11. The van der Waals surface area contributed by atoms with Crippen LogP contribution in [-0.4, -0.2) is 81.1 Å². The third-order valence-corrected chi connectivity index (χ3v) is 6.71. The van der Waals surface area contributed by atoms with Crippen molar-refractivity contribution in [3.8, 4) is 0 Å². The molecule has 8 atom stereocenters. The molecule has 1 aliphatic rings. The van der Waals surface area contributed by atoms with Crippen LogP contribution in [0.3, 0.4) is 0 Å². The molecule has 198 valence electrons. The molecule has 0 aromatic rings. The fraction of sp³-hybridized carbons (Fsp3) is 1.00. The Labute approximate surface area is 200 Å². The van der Waals surface area contributed by atoms with E-state index in [1.54, 1.807) is 6.92 Å². The van der Waals surface area contributed by atoms with Gasteiger partial charge in [0, 0.05) is 0 Å². The van der Waals surface area contributed by atoms with Crippen LogP contribution in [-0.2, 0) is 9.47 Å². The van der Waals surface area contributed by atoms with Crippen LogP contribution < -0.4 is 5.73 Å². The average molecular weight is 478 g/mol. The van der Waals surface area contributed by atoms with Crippen LogP contribution in [0, 0.1) is 0 Å². The highest BCUT2D eigenvalue weighted by Gasteiger charge is 2.43. The van der Waals surface area contributed by atoms with Gasteiger partial charge in [-0.3, -0.25) is 0 Å². The first-order valence-electron chi connectivity index (χ1n) is 13.3. The van der Waals surface area contributed by atoms with Gasteiger partial charge in [-0.05, 0) is 12.8 Å². The number of hydrogen-bond acceptors (Lipinski definition) is 8. The molecule has 0 radical (unpaired) electrons. The molecule has 0 amide bonds.